The standard InChI is InChI=1S/C9H15BrO2/c1-8(10)5-7-12-9-4-2-3-6-11-9/h5,9H,2-4,6-7H2,1H3/b8-5+. The van der Waals surface area contributed by atoms with E-state index in [1.807, 2.05) is 13.0 Å². The summed E-state index contributed by atoms with van der Waals surface area (Å²) in [6.07, 6.45) is 5.46. The molecule has 70 valence electrons. The van der Waals surface area contributed by atoms with Gasteiger partial charge in [0.05, 0.1) is 6.61 Å². The lowest BCUT2D eigenvalue weighted by Crippen LogP contribution is -2.22. The molecule has 0 bridgehead atoms. The molecule has 1 unspecified atom stereocenters. The molecule has 0 aromatic heterocycles. The van der Waals surface area contributed by atoms with Crippen molar-refractivity contribution in [2.75, 3.05) is 13.2 Å². The Labute approximate surface area is 82.1 Å². The van der Waals surface area contributed by atoms with Crippen LogP contribution in [-0.4, -0.2) is 19.5 Å². The third kappa shape index (κ3) is 4.24. The fourth-order valence-corrected chi connectivity index (χ4v) is 1.25. The second-order valence-corrected chi connectivity index (χ2v) is 4.17. The quantitative estimate of drug-likeness (QED) is 0.748. The van der Waals surface area contributed by atoms with Crippen LogP contribution in [0.15, 0.2) is 10.6 Å². The molecule has 1 saturated heterocycles. The third-order valence-electron chi connectivity index (χ3n) is 1.78. The van der Waals surface area contributed by atoms with Crippen LogP contribution in [-0.2, 0) is 9.47 Å². The Hall–Kier alpha value is 0.140. The largest absolute Gasteiger partial charge is 0.353 e. The molecule has 0 aromatic carbocycles. The maximum absolute atomic E-state index is 5.47. The van der Waals surface area contributed by atoms with E-state index >= 15 is 0 Å². The van der Waals surface area contributed by atoms with Gasteiger partial charge in [0.1, 0.15) is 0 Å². The van der Waals surface area contributed by atoms with Crippen molar-refractivity contribution in [3.63, 3.8) is 0 Å². The van der Waals surface area contributed by atoms with Crippen molar-refractivity contribution in [2.24, 2.45) is 0 Å². The molecule has 0 spiro atoms. The maximum Gasteiger partial charge on any atom is 0.157 e. The fourth-order valence-electron chi connectivity index (χ4n) is 1.11. The molecule has 1 heterocycles. The zero-order valence-electron chi connectivity index (χ0n) is 7.38. The highest BCUT2D eigenvalue weighted by Gasteiger charge is 2.12. The molecule has 0 radical (unpaired) electrons. The Morgan fingerprint density at radius 2 is 2.50 bits per heavy atom. The van der Waals surface area contributed by atoms with Gasteiger partial charge in [-0.1, -0.05) is 15.9 Å². The molecule has 0 amide bonds. The molecule has 12 heavy (non-hydrogen) atoms. The van der Waals surface area contributed by atoms with E-state index in [0.717, 1.165) is 17.5 Å². The van der Waals surface area contributed by atoms with Crippen molar-refractivity contribution in [1.82, 2.24) is 0 Å². The predicted molar refractivity (Wildman–Crippen MR) is 52.2 cm³/mol. The molecule has 0 aromatic rings. The second-order valence-electron chi connectivity index (χ2n) is 2.92. The molecule has 1 fully saturated rings. The summed E-state index contributed by atoms with van der Waals surface area (Å²) in [5.41, 5.74) is 0. The van der Waals surface area contributed by atoms with Gasteiger partial charge in [-0.05, 0) is 36.7 Å². The van der Waals surface area contributed by atoms with Gasteiger partial charge in [-0.15, -0.1) is 0 Å². The van der Waals surface area contributed by atoms with Crippen molar-refractivity contribution in [3.8, 4) is 0 Å². The first-order chi connectivity index (χ1) is 5.79. The average Bonchev–Trinajstić information content (AvgIpc) is 2.05. The molecule has 0 aliphatic carbocycles. The molecule has 1 aliphatic heterocycles. The molecular formula is C9H15BrO2. The van der Waals surface area contributed by atoms with Gasteiger partial charge in [0, 0.05) is 6.61 Å². The molecule has 2 nitrogen and oxygen atoms in total. The zero-order valence-corrected chi connectivity index (χ0v) is 8.97. The Kier molecular flexibility index (Phi) is 4.88. The van der Waals surface area contributed by atoms with Crippen LogP contribution in [0.1, 0.15) is 26.2 Å². The van der Waals surface area contributed by atoms with Crippen LogP contribution in [0.2, 0.25) is 0 Å². The topological polar surface area (TPSA) is 18.5 Å². The maximum atomic E-state index is 5.47. The number of ether oxygens (including phenoxy) is 2. The minimum absolute atomic E-state index is 0.0295. The molecule has 1 aliphatic rings. The van der Waals surface area contributed by atoms with E-state index in [4.69, 9.17) is 9.47 Å². The monoisotopic (exact) mass is 234 g/mol. The van der Waals surface area contributed by atoms with Gasteiger partial charge in [0.2, 0.25) is 0 Å². The van der Waals surface area contributed by atoms with Crippen LogP contribution in [0.25, 0.3) is 0 Å². The lowest BCUT2D eigenvalue weighted by molar-refractivity contribution is -0.155. The van der Waals surface area contributed by atoms with Crippen LogP contribution in [0, 0.1) is 0 Å². The first kappa shape index (κ1) is 10.2. The van der Waals surface area contributed by atoms with Gasteiger partial charge in [0.15, 0.2) is 6.29 Å². The van der Waals surface area contributed by atoms with Crippen molar-refractivity contribution in [3.05, 3.63) is 10.6 Å². The summed E-state index contributed by atoms with van der Waals surface area (Å²) in [5, 5.41) is 0. The molecule has 0 saturated carbocycles. The number of rotatable bonds is 3. The minimum atomic E-state index is 0.0295. The molecular weight excluding hydrogens is 220 g/mol. The summed E-state index contributed by atoms with van der Waals surface area (Å²) in [4.78, 5) is 0. The Bertz CT molecular complexity index is 147. The van der Waals surface area contributed by atoms with Crippen LogP contribution < -0.4 is 0 Å². The Balaban J connectivity index is 2.09. The van der Waals surface area contributed by atoms with Crippen LogP contribution >= 0.6 is 15.9 Å². The second kappa shape index (κ2) is 5.73. The zero-order chi connectivity index (χ0) is 8.81. The van der Waals surface area contributed by atoms with Gasteiger partial charge in [-0.25, -0.2) is 0 Å². The number of halogens is 1. The lowest BCUT2D eigenvalue weighted by Gasteiger charge is -2.21. The van der Waals surface area contributed by atoms with Crippen LogP contribution in [0.3, 0.4) is 0 Å². The summed E-state index contributed by atoms with van der Waals surface area (Å²) in [5.74, 6) is 0. The van der Waals surface area contributed by atoms with E-state index in [0.29, 0.717) is 6.61 Å². The molecule has 1 rings (SSSR count). The number of allylic oxidation sites excluding steroid dienone is 1. The summed E-state index contributed by atoms with van der Waals surface area (Å²) < 4.78 is 12.0. The number of hydrogen-bond acceptors (Lipinski definition) is 2. The van der Waals surface area contributed by atoms with Crippen molar-refractivity contribution >= 4 is 15.9 Å². The van der Waals surface area contributed by atoms with E-state index in [2.05, 4.69) is 15.9 Å². The highest BCUT2D eigenvalue weighted by atomic mass is 79.9. The Morgan fingerprint density at radius 1 is 1.67 bits per heavy atom. The van der Waals surface area contributed by atoms with Crippen LogP contribution in [0.5, 0.6) is 0 Å². The first-order valence-corrected chi connectivity index (χ1v) is 5.14. The van der Waals surface area contributed by atoms with E-state index in [-0.39, 0.29) is 6.29 Å². The number of hydrogen-bond donors (Lipinski definition) is 0. The van der Waals surface area contributed by atoms with Crippen molar-refractivity contribution in [2.45, 2.75) is 32.5 Å². The molecule has 0 N–H and O–H groups in total. The van der Waals surface area contributed by atoms with E-state index < -0.39 is 0 Å². The summed E-state index contributed by atoms with van der Waals surface area (Å²) >= 11 is 3.34. The van der Waals surface area contributed by atoms with Gasteiger partial charge < -0.3 is 9.47 Å². The minimum Gasteiger partial charge on any atom is -0.353 e. The van der Waals surface area contributed by atoms with Crippen molar-refractivity contribution < 1.29 is 9.47 Å². The van der Waals surface area contributed by atoms with E-state index in [1.54, 1.807) is 0 Å². The summed E-state index contributed by atoms with van der Waals surface area (Å²) in [6, 6.07) is 0. The van der Waals surface area contributed by atoms with E-state index in [1.165, 1.54) is 12.8 Å². The van der Waals surface area contributed by atoms with E-state index in [9.17, 15) is 0 Å². The lowest BCUT2D eigenvalue weighted by atomic mass is 10.2. The smallest absolute Gasteiger partial charge is 0.157 e. The van der Waals surface area contributed by atoms with Gasteiger partial charge in [-0.2, -0.15) is 0 Å². The molecule has 3 heteroatoms. The fraction of sp³-hybridized carbons (Fsp3) is 0.778. The predicted octanol–water partition coefficient (Wildman–Crippen LogP) is 2.83. The summed E-state index contributed by atoms with van der Waals surface area (Å²) in [6.45, 7) is 3.48. The SMILES string of the molecule is C/C(Br)=C\COC1CCCCO1. The molecule has 1 atom stereocenters. The Morgan fingerprint density at radius 3 is 3.08 bits per heavy atom. The average molecular weight is 235 g/mol. The normalized spacial score (nSPS) is 25.8. The van der Waals surface area contributed by atoms with Gasteiger partial charge in [0.25, 0.3) is 0 Å². The van der Waals surface area contributed by atoms with Crippen molar-refractivity contribution in [1.29, 1.82) is 0 Å². The third-order valence-corrected chi connectivity index (χ3v) is 2.11. The highest BCUT2D eigenvalue weighted by molar-refractivity contribution is 9.11. The van der Waals surface area contributed by atoms with Gasteiger partial charge in [-0.3, -0.25) is 0 Å². The summed E-state index contributed by atoms with van der Waals surface area (Å²) in [7, 11) is 0. The highest BCUT2D eigenvalue weighted by Crippen LogP contribution is 2.13. The van der Waals surface area contributed by atoms with Crippen LogP contribution in [0.4, 0.5) is 0 Å². The van der Waals surface area contributed by atoms with Gasteiger partial charge >= 0.3 is 0 Å². The first-order valence-electron chi connectivity index (χ1n) is 4.34.